The first-order valence-corrected chi connectivity index (χ1v) is 6.73. The molecule has 0 bridgehead atoms. The Morgan fingerprint density at radius 2 is 2.06 bits per heavy atom. The number of aliphatic hydroxyl groups is 1. The van der Waals surface area contributed by atoms with Crippen molar-refractivity contribution >= 4 is 5.91 Å². The highest BCUT2D eigenvalue weighted by molar-refractivity contribution is 5.76. The molecule has 2 rings (SSSR count). The smallest absolute Gasteiger partial charge is 0.222 e. The number of fused-ring (bicyclic) bond motifs is 1. The van der Waals surface area contributed by atoms with Gasteiger partial charge in [-0.3, -0.25) is 4.79 Å². The summed E-state index contributed by atoms with van der Waals surface area (Å²) in [4.78, 5) is 13.6. The molecule has 0 fully saturated rings. The van der Waals surface area contributed by atoms with Crippen LogP contribution in [0.25, 0.3) is 0 Å². The lowest BCUT2D eigenvalue weighted by Gasteiger charge is -2.13. The summed E-state index contributed by atoms with van der Waals surface area (Å²) in [6.07, 6.45) is 1.94. The molecule has 1 heterocycles. The van der Waals surface area contributed by atoms with Crippen molar-refractivity contribution in [2.75, 3.05) is 0 Å². The predicted octanol–water partition coefficient (Wildman–Crippen LogP) is 2.77. The van der Waals surface area contributed by atoms with Gasteiger partial charge in [0.05, 0.1) is 6.10 Å². The quantitative estimate of drug-likeness (QED) is 0.888. The second-order valence-corrected chi connectivity index (χ2v) is 4.94. The van der Waals surface area contributed by atoms with Crippen LogP contribution in [0, 0.1) is 0 Å². The Morgan fingerprint density at radius 3 is 2.72 bits per heavy atom. The van der Waals surface area contributed by atoms with Crippen LogP contribution in [0.3, 0.4) is 0 Å². The largest absolute Gasteiger partial charge is 0.388 e. The van der Waals surface area contributed by atoms with E-state index in [1.807, 2.05) is 24.0 Å². The number of carbonyl (C=O) groups excluding carboxylic acids is 1. The fourth-order valence-corrected chi connectivity index (χ4v) is 2.46. The molecule has 3 heteroatoms. The Bertz CT molecular complexity index is 442. The summed E-state index contributed by atoms with van der Waals surface area (Å²) in [6, 6.07) is 6.09. The molecule has 1 unspecified atom stereocenters. The molecule has 0 saturated carbocycles. The minimum Gasteiger partial charge on any atom is -0.388 e. The van der Waals surface area contributed by atoms with E-state index in [4.69, 9.17) is 0 Å². The van der Waals surface area contributed by atoms with Gasteiger partial charge in [0.2, 0.25) is 5.91 Å². The van der Waals surface area contributed by atoms with Gasteiger partial charge in [-0.05, 0) is 23.1 Å². The molecule has 1 aromatic carbocycles. The van der Waals surface area contributed by atoms with Crippen LogP contribution in [-0.2, 0) is 17.9 Å². The number of hydrogen-bond donors (Lipinski definition) is 1. The maximum atomic E-state index is 11.7. The Morgan fingerprint density at radius 1 is 1.33 bits per heavy atom. The molecule has 0 spiro atoms. The number of nitrogens with zero attached hydrogens (tertiary/aromatic N) is 1. The Balaban J connectivity index is 2.14. The third-order valence-electron chi connectivity index (χ3n) is 3.55. The highest BCUT2D eigenvalue weighted by Crippen LogP contribution is 2.27. The molecular weight excluding hydrogens is 226 g/mol. The van der Waals surface area contributed by atoms with Crippen molar-refractivity contribution in [1.29, 1.82) is 0 Å². The normalized spacial score (nSPS) is 15.6. The van der Waals surface area contributed by atoms with Gasteiger partial charge in [0.15, 0.2) is 0 Å². The maximum Gasteiger partial charge on any atom is 0.222 e. The molecule has 18 heavy (non-hydrogen) atoms. The molecule has 3 nitrogen and oxygen atoms in total. The van der Waals surface area contributed by atoms with E-state index < -0.39 is 0 Å². The molecule has 0 radical (unpaired) electrons. The Labute approximate surface area is 108 Å². The predicted molar refractivity (Wildman–Crippen MR) is 70.9 cm³/mol. The van der Waals surface area contributed by atoms with Gasteiger partial charge in [-0.2, -0.15) is 0 Å². The topological polar surface area (TPSA) is 40.5 Å². The van der Waals surface area contributed by atoms with Crippen molar-refractivity contribution in [1.82, 2.24) is 4.90 Å². The minimum absolute atomic E-state index is 0.196. The number of carbonyl (C=O) groups is 1. The molecule has 0 aromatic heterocycles. The number of amides is 1. The van der Waals surface area contributed by atoms with Crippen molar-refractivity contribution in [2.45, 2.75) is 52.3 Å². The lowest BCUT2D eigenvalue weighted by atomic mass is 10.0. The number of hydrogen-bond acceptors (Lipinski definition) is 2. The average molecular weight is 247 g/mol. The SMILES string of the molecule is CCCC(O)c1ccc2c(c1)CN(C(=O)CC)C2. The van der Waals surface area contributed by atoms with Crippen LogP contribution >= 0.6 is 0 Å². The number of aliphatic hydroxyl groups excluding tert-OH is 1. The van der Waals surface area contributed by atoms with Crippen LogP contribution in [0.4, 0.5) is 0 Å². The highest BCUT2D eigenvalue weighted by atomic mass is 16.3. The first kappa shape index (κ1) is 13.1. The summed E-state index contributed by atoms with van der Waals surface area (Å²) in [5.41, 5.74) is 3.37. The monoisotopic (exact) mass is 247 g/mol. The summed E-state index contributed by atoms with van der Waals surface area (Å²) < 4.78 is 0. The molecule has 0 saturated heterocycles. The van der Waals surface area contributed by atoms with Crippen LogP contribution in [0.15, 0.2) is 18.2 Å². The molecule has 1 amide bonds. The summed E-state index contributed by atoms with van der Waals surface area (Å²) in [6.45, 7) is 5.36. The molecule has 1 aliphatic rings. The van der Waals surface area contributed by atoms with Gasteiger partial charge in [-0.1, -0.05) is 38.5 Å². The first-order chi connectivity index (χ1) is 8.65. The van der Waals surface area contributed by atoms with Gasteiger partial charge < -0.3 is 10.0 Å². The van der Waals surface area contributed by atoms with Crippen molar-refractivity contribution in [3.8, 4) is 0 Å². The van der Waals surface area contributed by atoms with E-state index in [0.717, 1.165) is 18.4 Å². The molecular formula is C15H21NO2. The summed E-state index contributed by atoms with van der Waals surface area (Å²) in [5, 5.41) is 9.99. The van der Waals surface area contributed by atoms with Gasteiger partial charge >= 0.3 is 0 Å². The summed E-state index contributed by atoms with van der Waals surface area (Å²) >= 11 is 0. The van der Waals surface area contributed by atoms with Crippen molar-refractivity contribution in [3.05, 3.63) is 34.9 Å². The van der Waals surface area contributed by atoms with E-state index in [-0.39, 0.29) is 12.0 Å². The van der Waals surface area contributed by atoms with E-state index >= 15 is 0 Å². The zero-order valence-electron chi connectivity index (χ0n) is 11.1. The maximum absolute atomic E-state index is 11.7. The van der Waals surface area contributed by atoms with E-state index in [1.165, 1.54) is 11.1 Å². The standard InChI is InChI=1S/C15H21NO2/c1-3-5-14(17)11-6-7-12-9-16(15(18)4-2)10-13(12)8-11/h6-8,14,17H,3-5,9-10H2,1-2H3. The van der Waals surface area contributed by atoms with Gasteiger partial charge in [0, 0.05) is 19.5 Å². The van der Waals surface area contributed by atoms with Crippen LogP contribution in [-0.4, -0.2) is 15.9 Å². The minimum atomic E-state index is -0.378. The highest BCUT2D eigenvalue weighted by Gasteiger charge is 2.22. The Hall–Kier alpha value is -1.35. The van der Waals surface area contributed by atoms with Crippen molar-refractivity contribution < 1.29 is 9.90 Å². The molecule has 0 aliphatic carbocycles. The molecule has 1 atom stereocenters. The lowest BCUT2D eigenvalue weighted by molar-refractivity contribution is -0.131. The molecule has 1 N–H and O–H groups in total. The van der Waals surface area contributed by atoms with Gasteiger partial charge in [0.1, 0.15) is 0 Å². The second-order valence-electron chi connectivity index (χ2n) is 4.94. The summed E-state index contributed by atoms with van der Waals surface area (Å²) in [7, 11) is 0. The Kier molecular flexibility index (Phi) is 4.02. The van der Waals surface area contributed by atoms with E-state index in [0.29, 0.717) is 19.5 Å². The third-order valence-corrected chi connectivity index (χ3v) is 3.55. The van der Waals surface area contributed by atoms with E-state index in [9.17, 15) is 9.90 Å². The summed E-state index contributed by atoms with van der Waals surface area (Å²) in [5.74, 6) is 0.196. The van der Waals surface area contributed by atoms with Gasteiger partial charge in [0.25, 0.3) is 0 Å². The van der Waals surface area contributed by atoms with Crippen LogP contribution in [0.5, 0.6) is 0 Å². The van der Waals surface area contributed by atoms with Crippen molar-refractivity contribution in [2.24, 2.45) is 0 Å². The van der Waals surface area contributed by atoms with E-state index in [1.54, 1.807) is 0 Å². The van der Waals surface area contributed by atoms with Crippen molar-refractivity contribution in [3.63, 3.8) is 0 Å². The fraction of sp³-hybridized carbons (Fsp3) is 0.533. The second kappa shape index (κ2) is 5.53. The molecule has 1 aromatic rings. The zero-order valence-corrected chi connectivity index (χ0v) is 11.1. The van der Waals surface area contributed by atoms with E-state index in [2.05, 4.69) is 13.0 Å². The van der Waals surface area contributed by atoms with Crippen LogP contribution < -0.4 is 0 Å². The first-order valence-electron chi connectivity index (χ1n) is 6.73. The average Bonchev–Trinajstić information content (AvgIpc) is 2.80. The van der Waals surface area contributed by atoms with Crippen LogP contribution in [0.1, 0.15) is 55.9 Å². The lowest BCUT2D eigenvalue weighted by Crippen LogP contribution is -2.23. The number of benzene rings is 1. The zero-order chi connectivity index (χ0) is 13.1. The third kappa shape index (κ3) is 2.56. The van der Waals surface area contributed by atoms with Crippen LogP contribution in [0.2, 0.25) is 0 Å². The fourth-order valence-electron chi connectivity index (χ4n) is 2.46. The van der Waals surface area contributed by atoms with Gasteiger partial charge in [-0.25, -0.2) is 0 Å². The number of rotatable bonds is 4. The van der Waals surface area contributed by atoms with Gasteiger partial charge in [-0.15, -0.1) is 0 Å². The molecule has 98 valence electrons. The molecule has 1 aliphatic heterocycles.